The Bertz CT molecular complexity index is 295. The number of ether oxygens (including phenoxy) is 1. The van der Waals surface area contributed by atoms with Crippen molar-refractivity contribution < 1.29 is 39.5 Å². The minimum Gasteiger partial charge on any atom is -0.481 e. The van der Waals surface area contributed by atoms with Crippen molar-refractivity contribution >= 4 is 17.9 Å². The van der Waals surface area contributed by atoms with Crippen LogP contribution in [0.3, 0.4) is 0 Å². The molecule has 0 saturated carbocycles. The minimum atomic E-state index is -2.27. The molecule has 0 amide bonds. The van der Waals surface area contributed by atoms with Crippen molar-refractivity contribution in [2.45, 2.75) is 31.3 Å². The second-order valence-corrected chi connectivity index (χ2v) is 3.72. The third kappa shape index (κ3) is 5.60. The molecule has 0 rings (SSSR count). The van der Waals surface area contributed by atoms with Gasteiger partial charge in [-0.15, -0.1) is 0 Å². The Hall–Kier alpha value is -1.67. The fraction of sp³-hybridized carbons (Fsp3) is 0.700. The predicted octanol–water partition coefficient (Wildman–Crippen LogP) is -0.452. The number of carbonyl (C=O) groups is 3. The summed E-state index contributed by atoms with van der Waals surface area (Å²) in [5.41, 5.74) is -2.27. The van der Waals surface area contributed by atoms with E-state index in [0.717, 1.165) is 0 Å². The number of carboxylic acids is 3. The summed E-state index contributed by atoms with van der Waals surface area (Å²) in [6, 6.07) is 0. The van der Waals surface area contributed by atoms with E-state index in [0.29, 0.717) is 12.8 Å². The van der Waals surface area contributed by atoms with E-state index in [1.54, 1.807) is 0 Å². The highest BCUT2D eigenvalue weighted by atomic mass is 16.5. The van der Waals surface area contributed by atoms with E-state index in [4.69, 9.17) is 25.2 Å². The van der Waals surface area contributed by atoms with Gasteiger partial charge >= 0.3 is 17.9 Å². The van der Waals surface area contributed by atoms with Gasteiger partial charge in [0.1, 0.15) is 0 Å². The Balaban J connectivity index is 4.77. The highest BCUT2D eigenvalue weighted by Gasteiger charge is 2.44. The van der Waals surface area contributed by atoms with Crippen LogP contribution in [0.25, 0.3) is 0 Å². The third-order valence-electron chi connectivity index (χ3n) is 2.19. The zero-order valence-corrected chi connectivity index (χ0v) is 9.66. The van der Waals surface area contributed by atoms with Gasteiger partial charge in [0.25, 0.3) is 0 Å². The molecule has 0 aliphatic rings. The van der Waals surface area contributed by atoms with Crippen LogP contribution < -0.4 is 0 Å². The normalized spacial score (nSPS) is 11.2. The van der Waals surface area contributed by atoms with Gasteiger partial charge in [0.2, 0.25) is 0 Å². The van der Waals surface area contributed by atoms with Crippen LogP contribution in [0.4, 0.5) is 0 Å². The summed E-state index contributed by atoms with van der Waals surface area (Å²) in [7, 11) is 0. The van der Waals surface area contributed by atoms with E-state index in [1.165, 1.54) is 0 Å². The Morgan fingerprint density at radius 1 is 0.944 bits per heavy atom. The summed E-state index contributed by atoms with van der Waals surface area (Å²) in [4.78, 5) is 32.3. The quantitative estimate of drug-likeness (QED) is 0.389. The Morgan fingerprint density at radius 3 is 1.78 bits per heavy atom. The molecule has 0 bridgehead atoms. The lowest BCUT2D eigenvalue weighted by atomic mass is 9.95. The summed E-state index contributed by atoms with van der Waals surface area (Å²) in [6.45, 7) is -0.241. The first-order valence-electron chi connectivity index (χ1n) is 5.26. The Labute approximate surface area is 103 Å². The van der Waals surface area contributed by atoms with E-state index >= 15 is 0 Å². The van der Waals surface area contributed by atoms with Crippen molar-refractivity contribution in [1.82, 2.24) is 0 Å². The molecule has 104 valence electrons. The monoisotopic (exact) mass is 264 g/mol. The van der Waals surface area contributed by atoms with Crippen LogP contribution in [0.15, 0.2) is 0 Å². The SMILES string of the molecule is O=C(O)CC(CC(=O)O)(OCCCCO)C(=O)O. The number of hydrogen-bond donors (Lipinski definition) is 4. The van der Waals surface area contributed by atoms with Crippen molar-refractivity contribution in [3.05, 3.63) is 0 Å². The number of aliphatic hydroxyl groups is 1. The summed E-state index contributed by atoms with van der Waals surface area (Å²) in [5.74, 6) is -4.54. The van der Waals surface area contributed by atoms with Gasteiger partial charge in [-0.1, -0.05) is 0 Å². The van der Waals surface area contributed by atoms with E-state index in [-0.39, 0.29) is 13.2 Å². The molecule has 0 atom stereocenters. The lowest BCUT2D eigenvalue weighted by molar-refractivity contribution is -0.178. The largest absolute Gasteiger partial charge is 0.481 e. The van der Waals surface area contributed by atoms with Crippen LogP contribution in [-0.2, 0) is 19.1 Å². The summed E-state index contributed by atoms with van der Waals surface area (Å²) in [6.07, 6.45) is -1.21. The fourth-order valence-corrected chi connectivity index (χ4v) is 1.35. The highest BCUT2D eigenvalue weighted by Crippen LogP contribution is 2.22. The molecule has 8 heteroatoms. The molecule has 0 fully saturated rings. The number of hydrogen-bond acceptors (Lipinski definition) is 5. The van der Waals surface area contributed by atoms with E-state index in [1.807, 2.05) is 0 Å². The number of unbranched alkanes of at least 4 members (excludes halogenated alkanes) is 1. The molecule has 8 nitrogen and oxygen atoms in total. The molecule has 0 spiro atoms. The second kappa shape index (κ2) is 7.62. The molecule has 0 heterocycles. The maximum absolute atomic E-state index is 11.1. The van der Waals surface area contributed by atoms with E-state index in [2.05, 4.69) is 0 Å². The number of rotatable bonds is 10. The molecular formula is C10H16O8. The Kier molecular flexibility index (Phi) is 6.91. The maximum atomic E-state index is 11.1. The minimum absolute atomic E-state index is 0.110. The molecule has 0 aliphatic heterocycles. The second-order valence-electron chi connectivity index (χ2n) is 3.72. The van der Waals surface area contributed by atoms with E-state index < -0.39 is 36.4 Å². The van der Waals surface area contributed by atoms with Crippen molar-refractivity contribution in [2.24, 2.45) is 0 Å². The molecule has 0 saturated heterocycles. The number of aliphatic hydroxyl groups excluding tert-OH is 1. The van der Waals surface area contributed by atoms with Gasteiger partial charge in [-0.2, -0.15) is 0 Å². The molecule has 4 N–H and O–H groups in total. The first kappa shape index (κ1) is 16.3. The lowest BCUT2D eigenvalue weighted by Crippen LogP contribution is -2.45. The van der Waals surface area contributed by atoms with Crippen LogP contribution in [0, 0.1) is 0 Å². The van der Waals surface area contributed by atoms with Crippen LogP contribution in [0.1, 0.15) is 25.7 Å². The van der Waals surface area contributed by atoms with Gasteiger partial charge < -0.3 is 25.2 Å². The van der Waals surface area contributed by atoms with Crippen LogP contribution in [0.2, 0.25) is 0 Å². The number of aliphatic carboxylic acids is 3. The smallest absolute Gasteiger partial charge is 0.337 e. The van der Waals surface area contributed by atoms with Gasteiger partial charge in [-0.25, -0.2) is 4.79 Å². The fourth-order valence-electron chi connectivity index (χ4n) is 1.35. The summed E-state index contributed by atoms with van der Waals surface area (Å²) < 4.78 is 4.94. The van der Waals surface area contributed by atoms with Gasteiger partial charge in [0.05, 0.1) is 12.8 Å². The molecule has 0 aromatic heterocycles. The molecular weight excluding hydrogens is 248 g/mol. The Morgan fingerprint density at radius 2 is 1.44 bits per heavy atom. The van der Waals surface area contributed by atoms with E-state index in [9.17, 15) is 14.4 Å². The van der Waals surface area contributed by atoms with Crippen LogP contribution in [-0.4, -0.2) is 57.1 Å². The van der Waals surface area contributed by atoms with Crippen molar-refractivity contribution in [3.8, 4) is 0 Å². The topological polar surface area (TPSA) is 141 Å². The zero-order valence-electron chi connectivity index (χ0n) is 9.66. The number of carboxylic acid groups (broad SMARTS) is 3. The maximum Gasteiger partial charge on any atom is 0.337 e. The van der Waals surface area contributed by atoms with Crippen molar-refractivity contribution in [3.63, 3.8) is 0 Å². The summed E-state index contributed by atoms with van der Waals surface area (Å²) >= 11 is 0. The van der Waals surface area contributed by atoms with Gasteiger partial charge in [0.15, 0.2) is 5.60 Å². The molecule has 0 aromatic rings. The summed E-state index contributed by atoms with van der Waals surface area (Å²) in [5, 5.41) is 34.8. The standard InChI is InChI=1S/C10H16O8/c11-3-1-2-4-18-10(9(16)17,5-7(12)13)6-8(14)15/h11H,1-6H2,(H,12,13)(H,14,15)(H,16,17). The van der Waals surface area contributed by atoms with Crippen LogP contribution >= 0.6 is 0 Å². The van der Waals surface area contributed by atoms with Crippen molar-refractivity contribution in [1.29, 1.82) is 0 Å². The molecule has 0 aromatic carbocycles. The average Bonchev–Trinajstić information content (AvgIpc) is 2.22. The van der Waals surface area contributed by atoms with Crippen molar-refractivity contribution in [2.75, 3.05) is 13.2 Å². The average molecular weight is 264 g/mol. The predicted molar refractivity (Wildman–Crippen MR) is 57.1 cm³/mol. The lowest BCUT2D eigenvalue weighted by Gasteiger charge is -2.26. The van der Waals surface area contributed by atoms with Crippen LogP contribution in [0.5, 0.6) is 0 Å². The van der Waals surface area contributed by atoms with Gasteiger partial charge in [-0.3, -0.25) is 9.59 Å². The van der Waals surface area contributed by atoms with Gasteiger partial charge in [0, 0.05) is 13.2 Å². The molecule has 0 radical (unpaired) electrons. The molecule has 0 aliphatic carbocycles. The first-order valence-corrected chi connectivity index (χ1v) is 5.26. The first-order chi connectivity index (χ1) is 8.34. The molecule has 0 unspecified atom stereocenters. The molecule has 18 heavy (non-hydrogen) atoms. The highest BCUT2D eigenvalue weighted by molar-refractivity contribution is 5.88. The zero-order chi connectivity index (χ0) is 14.2. The third-order valence-corrected chi connectivity index (χ3v) is 2.19. The van der Waals surface area contributed by atoms with Gasteiger partial charge in [-0.05, 0) is 12.8 Å².